The molecule has 162 valence electrons. The summed E-state index contributed by atoms with van der Waals surface area (Å²) in [7, 11) is 2.13. The molecular weight excluding hydrogens is 378 g/mol. The number of nitrogens with two attached hydrogens (primary N) is 1. The van der Waals surface area contributed by atoms with Gasteiger partial charge in [-0.1, -0.05) is 73.2 Å². The van der Waals surface area contributed by atoms with Crippen LogP contribution >= 0.6 is 0 Å². The Morgan fingerprint density at radius 3 is 2.39 bits per heavy atom. The molecule has 2 nitrogen and oxygen atoms in total. The molecule has 1 heterocycles. The van der Waals surface area contributed by atoms with Crippen molar-refractivity contribution < 1.29 is 10.1 Å². The minimum Gasteiger partial charge on any atom is -0.501 e. The van der Waals surface area contributed by atoms with Gasteiger partial charge in [0.2, 0.25) is 0 Å². The van der Waals surface area contributed by atoms with Gasteiger partial charge in [0.1, 0.15) is 5.69 Å². The van der Waals surface area contributed by atoms with Gasteiger partial charge >= 0.3 is 0 Å². The van der Waals surface area contributed by atoms with Crippen molar-refractivity contribution in [1.82, 2.24) is 0 Å². The minimum absolute atomic E-state index is 0.0248. The molecule has 0 amide bonds. The fourth-order valence-corrected chi connectivity index (χ4v) is 4.57. The van der Waals surface area contributed by atoms with Crippen LogP contribution in [0.15, 0.2) is 91.2 Å². The minimum atomic E-state index is 0.0248. The third-order valence-electron chi connectivity index (χ3n) is 6.04. The van der Waals surface area contributed by atoms with E-state index in [0.29, 0.717) is 0 Å². The van der Waals surface area contributed by atoms with Gasteiger partial charge in [-0.3, -0.25) is 0 Å². The Labute approximate surface area is 187 Å². The van der Waals surface area contributed by atoms with Crippen LogP contribution in [0.3, 0.4) is 0 Å². The van der Waals surface area contributed by atoms with E-state index in [9.17, 15) is 0 Å². The zero-order valence-corrected chi connectivity index (χ0v) is 19.2. The average Bonchev–Trinajstić information content (AvgIpc) is 2.80. The van der Waals surface area contributed by atoms with E-state index < -0.39 is 0 Å². The third-order valence-corrected chi connectivity index (χ3v) is 6.04. The molecule has 0 aliphatic carbocycles. The molecule has 3 aromatic rings. The monoisotopic (exact) mass is 414 g/mol. The highest BCUT2D eigenvalue weighted by Crippen LogP contribution is 2.42. The summed E-state index contributed by atoms with van der Waals surface area (Å²) in [4.78, 5) is 0. The van der Waals surface area contributed by atoms with Crippen molar-refractivity contribution in [3.05, 3.63) is 102 Å². The number of rotatable bonds is 6. The fraction of sp³-hybridized carbons (Fsp3) is 0.310. The normalized spacial score (nSPS) is 15.1. The Morgan fingerprint density at radius 1 is 1.03 bits per heavy atom. The number of quaternary nitrogens is 1. The molecule has 1 aliphatic rings. The van der Waals surface area contributed by atoms with Gasteiger partial charge in [0, 0.05) is 11.0 Å². The van der Waals surface area contributed by atoms with E-state index in [1.165, 1.54) is 33.2 Å². The first-order valence-electron chi connectivity index (χ1n) is 11.3. The zero-order valence-electron chi connectivity index (χ0n) is 19.2. The highest BCUT2D eigenvalue weighted by atomic mass is 16.5. The predicted molar refractivity (Wildman–Crippen MR) is 133 cm³/mol. The smallest absolute Gasteiger partial charge is 0.133 e. The number of hydrogen-bond donors (Lipinski definition) is 1. The molecule has 4 rings (SSSR count). The summed E-state index contributed by atoms with van der Waals surface area (Å²) in [6.45, 7) is 9.35. The number of allylic oxidation sites excluding steroid dienone is 2. The Morgan fingerprint density at radius 2 is 1.77 bits per heavy atom. The lowest BCUT2D eigenvalue weighted by Crippen LogP contribution is -2.73. The molecule has 2 N–H and O–H groups in total. The van der Waals surface area contributed by atoms with Crippen LogP contribution in [0.1, 0.15) is 43.7 Å². The van der Waals surface area contributed by atoms with Gasteiger partial charge < -0.3 is 10.1 Å². The van der Waals surface area contributed by atoms with Gasteiger partial charge in [0.05, 0.1) is 19.9 Å². The van der Waals surface area contributed by atoms with Crippen molar-refractivity contribution in [3.63, 3.8) is 0 Å². The second-order valence-corrected chi connectivity index (χ2v) is 8.67. The van der Waals surface area contributed by atoms with Crippen LogP contribution in [-0.4, -0.2) is 13.7 Å². The van der Waals surface area contributed by atoms with E-state index in [0.717, 1.165) is 32.3 Å². The van der Waals surface area contributed by atoms with Crippen molar-refractivity contribution in [1.29, 1.82) is 0 Å². The van der Waals surface area contributed by atoms with E-state index in [1.54, 1.807) is 0 Å². The molecule has 0 saturated heterocycles. The summed E-state index contributed by atoms with van der Waals surface area (Å²) in [5.74, 6) is 0. The highest BCUT2D eigenvalue weighted by molar-refractivity contribution is 5.89. The maximum Gasteiger partial charge on any atom is 0.133 e. The maximum atomic E-state index is 5.59. The first kappa shape index (κ1) is 22.8. The first-order chi connectivity index (χ1) is 15.1. The summed E-state index contributed by atoms with van der Waals surface area (Å²) in [6.07, 6.45) is 8.30. The Bertz CT molecular complexity index is 1020. The first-order valence-corrected chi connectivity index (χ1v) is 11.3. The van der Waals surface area contributed by atoms with Gasteiger partial charge in [-0.05, 0) is 61.1 Å². The van der Waals surface area contributed by atoms with E-state index >= 15 is 0 Å². The quantitative estimate of drug-likeness (QED) is 0.358. The van der Waals surface area contributed by atoms with E-state index in [2.05, 4.69) is 87.4 Å². The van der Waals surface area contributed by atoms with Gasteiger partial charge in [0.15, 0.2) is 0 Å². The molecule has 0 aromatic heterocycles. The highest BCUT2D eigenvalue weighted by Gasteiger charge is 2.32. The van der Waals surface area contributed by atoms with Crippen LogP contribution in [-0.2, 0) is 10.2 Å². The molecule has 1 atom stereocenters. The average molecular weight is 415 g/mol. The maximum absolute atomic E-state index is 5.59. The summed E-state index contributed by atoms with van der Waals surface area (Å²) in [5.41, 5.74) is 5.53. The molecule has 0 radical (unpaired) electrons. The summed E-state index contributed by atoms with van der Waals surface area (Å²) >= 11 is 0. The van der Waals surface area contributed by atoms with Crippen LogP contribution in [0, 0.1) is 6.92 Å². The third kappa shape index (κ3) is 5.86. The molecule has 3 aromatic carbocycles. The van der Waals surface area contributed by atoms with Crippen molar-refractivity contribution in [3.8, 4) is 0 Å². The number of fused-ring (bicyclic) bond motifs is 1. The Kier molecular flexibility index (Phi) is 8.08. The summed E-state index contributed by atoms with van der Waals surface area (Å²) in [5, 5.41) is 4.89. The van der Waals surface area contributed by atoms with Gasteiger partial charge in [-0.15, -0.1) is 6.58 Å². The van der Waals surface area contributed by atoms with Gasteiger partial charge in [0.25, 0.3) is 0 Å². The standard InChI is InChI=1S/C22H27NO.C7H8/c1-4-13-22(2,15-17-8-7-14-24-16-17)21-19-10-6-5-9-18(19)11-12-20(21)23-3;1-7-5-3-2-4-6-7/h4-6,9-12,16,23H,1,7-8,13-15H2,2-3H3;2-6H,1H3/p+1. The Balaban J connectivity index is 0.000000330. The second-order valence-electron chi connectivity index (χ2n) is 8.67. The van der Waals surface area contributed by atoms with Crippen LogP contribution in [0.4, 0.5) is 5.69 Å². The fourth-order valence-electron chi connectivity index (χ4n) is 4.57. The molecule has 0 bridgehead atoms. The summed E-state index contributed by atoms with van der Waals surface area (Å²) in [6, 6.07) is 23.5. The van der Waals surface area contributed by atoms with Crippen molar-refractivity contribution in [2.45, 2.75) is 44.9 Å². The predicted octanol–water partition coefficient (Wildman–Crippen LogP) is 6.58. The molecule has 1 aliphatic heterocycles. The molecule has 0 fully saturated rings. The summed E-state index contributed by atoms with van der Waals surface area (Å²) < 4.78 is 5.59. The van der Waals surface area contributed by atoms with Crippen LogP contribution in [0.2, 0.25) is 0 Å². The van der Waals surface area contributed by atoms with Crippen LogP contribution in [0.25, 0.3) is 10.8 Å². The lowest BCUT2D eigenvalue weighted by atomic mass is 9.71. The number of ether oxygens (including phenoxy) is 1. The number of aryl methyl sites for hydroxylation is 1. The van der Waals surface area contributed by atoms with Gasteiger partial charge in [-0.25, -0.2) is 0 Å². The van der Waals surface area contributed by atoms with E-state index in [1.807, 2.05) is 24.5 Å². The molecule has 0 saturated carbocycles. The van der Waals surface area contributed by atoms with E-state index in [-0.39, 0.29) is 5.41 Å². The Hall–Kier alpha value is -2.84. The van der Waals surface area contributed by atoms with Crippen molar-refractivity contribution in [2.75, 3.05) is 13.7 Å². The lowest BCUT2D eigenvalue weighted by Gasteiger charge is -2.33. The lowest BCUT2D eigenvalue weighted by molar-refractivity contribution is -0.540. The van der Waals surface area contributed by atoms with Crippen LogP contribution < -0.4 is 5.32 Å². The number of hydrogen-bond acceptors (Lipinski definition) is 1. The second kappa shape index (κ2) is 11.0. The van der Waals surface area contributed by atoms with E-state index in [4.69, 9.17) is 4.74 Å². The topological polar surface area (TPSA) is 25.8 Å². The molecule has 1 unspecified atom stereocenters. The zero-order chi connectivity index (χ0) is 22.1. The van der Waals surface area contributed by atoms with Gasteiger partial charge in [-0.2, -0.15) is 0 Å². The molecule has 2 heteroatoms. The molecule has 0 spiro atoms. The largest absolute Gasteiger partial charge is 0.501 e. The van der Waals surface area contributed by atoms with Crippen molar-refractivity contribution in [2.24, 2.45) is 0 Å². The SMILES string of the molecule is C=CCC(C)(CC1=COCCC1)c1c([NH2+]C)ccc2ccccc12.Cc1ccccc1. The molecular formula is C29H36NO+. The number of benzene rings is 3. The van der Waals surface area contributed by atoms with Crippen molar-refractivity contribution >= 4 is 16.5 Å². The molecule has 31 heavy (non-hydrogen) atoms. The van der Waals surface area contributed by atoms with Crippen LogP contribution in [0.5, 0.6) is 0 Å².